The van der Waals surface area contributed by atoms with Crippen molar-refractivity contribution in [2.75, 3.05) is 19.8 Å². The number of carboxylic acids is 1. The molecule has 6 heteroatoms. The van der Waals surface area contributed by atoms with Gasteiger partial charge in [-0.3, -0.25) is 9.59 Å². The Morgan fingerprint density at radius 1 is 1.26 bits per heavy atom. The van der Waals surface area contributed by atoms with E-state index in [0.29, 0.717) is 24.4 Å². The summed E-state index contributed by atoms with van der Waals surface area (Å²) in [4.78, 5) is 23.6. The standard InChI is InChI=1S/C17H17NO5/c19-15(18-10-17(16(20)21)6-7-22-11-17)13-8-14(23-9-13)12-4-2-1-3-5-12/h1-5,8-9H,6-7,10-11H2,(H,18,19)(H,20,21). The molecule has 23 heavy (non-hydrogen) atoms. The second-order valence-corrected chi connectivity index (χ2v) is 5.64. The summed E-state index contributed by atoms with van der Waals surface area (Å²) in [6.07, 6.45) is 1.76. The zero-order valence-corrected chi connectivity index (χ0v) is 12.5. The van der Waals surface area contributed by atoms with Crippen molar-refractivity contribution in [3.05, 3.63) is 48.2 Å². The number of rotatable bonds is 5. The Labute approximate surface area is 133 Å². The van der Waals surface area contributed by atoms with Gasteiger partial charge in [0.15, 0.2) is 0 Å². The van der Waals surface area contributed by atoms with E-state index in [2.05, 4.69) is 5.32 Å². The van der Waals surface area contributed by atoms with E-state index in [0.717, 1.165) is 5.56 Å². The SMILES string of the molecule is O=C(NCC1(C(=O)O)CCOC1)c1coc(-c2ccccc2)c1. The van der Waals surface area contributed by atoms with Crippen LogP contribution in [-0.4, -0.2) is 36.7 Å². The molecule has 0 spiro atoms. The van der Waals surface area contributed by atoms with Gasteiger partial charge in [0.1, 0.15) is 17.4 Å². The molecule has 2 aromatic rings. The van der Waals surface area contributed by atoms with Gasteiger partial charge in [-0.2, -0.15) is 0 Å². The van der Waals surface area contributed by atoms with E-state index in [1.54, 1.807) is 6.07 Å². The average molecular weight is 315 g/mol. The quantitative estimate of drug-likeness (QED) is 0.882. The van der Waals surface area contributed by atoms with Crippen LogP contribution < -0.4 is 5.32 Å². The van der Waals surface area contributed by atoms with Gasteiger partial charge in [0, 0.05) is 18.7 Å². The van der Waals surface area contributed by atoms with Crippen molar-refractivity contribution >= 4 is 11.9 Å². The molecule has 1 aromatic carbocycles. The Bertz CT molecular complexity index is 701. The highest BCUT2D eigenvalue weighted by Crippen LogP contribution is 2.28. The maximum absolute atomic E-state index is 12.2. The summed E-state index contributed by atoms with van der Waals surface area (Å²) in [7, 11) is 0. The monoisotopic (exact) mass is 315 g/mol. The number of nitrogens with one attached hydrogen (secondary N) is 1. The number of benzene rings is 1. The molecule has 2 heterocycles. The van der Waals surface area contributed by atoms with Gasteiger partial charge in [0.05, 0.1) is 12.2 Å². The fraction of sp³-hybridized carbons (Fsp3) is 0.294. The molecule has 0 saturated carbocycles. The third-order valence-corrected chi connectivity index (χ3v) is 4.06. The van der Waals surface area contributed by atoms with Crippen LogP contribution in [0.2, 0.25) is 0 Å². The molecule has 1 atom stereocenters. The van der Waals surface area contributed by atoms with Gasteiger partial charge in [-0.1, -0.05) is 30.3 Å². The minimum absolute atomic E-state index is 0.0347. The van der Waals surface area contributed by atoms with Crippen molar-refractivity contribution in [2.24, 2.45) is 5.41 Å². The molecule has 0 aliphatic carbocycles. The minimum atomic E-state index is -1.04. The summed E-state index contributed by atoms with van der Waals surface area (Å²) < 4.78 is 10.6. The smallest absolute Gasteiger partial charge is 0.313 e. The zero-order chi connectivity index (χ0) is 16.3. The second kappa shape index (κ2) is 6.26. The summed E-state index contributed by atoms with van der Waals surface area (Å²) in [5, 5.41) is 12.0. The average Bonchev–Trinajstić information content (AvgIpc) is 3.24. The van der Waals surface area contributed by atoms with Crippen molar-refractivity contribution in [2.45, 2.75) is 6.42 Å². The molecule has 1 aliphatic rings. The van der Waals surface area contributed by atoms with Crippen LogP contribution in [0.5, 0.6) is 0 Å². The Hall–Kier alpha value is -2.60. The van der Waals surface area contributed by atoms with Crippen LogP contribution in [0.25, 0.3) is 11.3 Å². The Balaban J connectivity index is 1.67. The number of carboxylic acid groups (broad SMARTS) is 1. The van der Waals surface area contributed by atoms with E-state index in [9.17, 15) is 14.7 Å². The number of ether oxygens (including phenoxy) is 1. The highest BCUT2D eigenvalue weighted by atomic mass is 16.5. The van der Waals surface area contributed by atoms with E-state index < -0.39 is 11.4 Å². The minimum Gasteiger partial charge on any atom is -0.481 e. The number of furan rings is 1. The first kappa shape index (κ1) is 15.3. The fourth-order valence-corrected chi connectivity index (χ4v) is 2.55. The summed E-state index contributed by atoms with van der Waals surface area (Å²) in [5.74, 6) is -0.719. The van der Waals surface area contributed by atoms with Crippen LogP contribution >= 0.6 is 0 Å². The first-order valence-corrected chi connectivity index (χ1v) is 7.34. The lowest BCUT2D eigenvalue weighted by Crippen LogP contribution is -2.43. The molecule has 2 N–H and O–H groups in total. The molecule has 0 bridgehead atoms. The van der Waals surface area contributed by atoms with Gasteiger partial charge >= 0.3 is 5.97 Å². The first-order valence-electron chi connectivity index (χ1n) is 7.34. The van der Waals surface area contributed by atoms with Crippen molar-refractivity contribution in [3.63, 3.8) is 0 Å². The summed E-state index contributed by atoms with van der Waals surface area (Å²) >= 11 is 0. The van der Waals surface area contributed by atoms with Crippen LogP contribution in [0, 0.1) is 5.41 Å². The molecular weight excluding hydrogens is 298 g/mol. The molecule has 1 saturated heterocycles. The van der Waals surface area contributed by atoms with Gasteiger partial charge in [-0.25, -0.2) is 0 Å². The molecule has 3 rings (SSSR count). The summed E-state index contributed by atoms with van der Waals surface area (Å²) in [5.41, 5.74) is 0.197. The van der Waals surface area contributed by atoms with Gasteiger partial charge in [0.2, 0.25) is 0 Å². The van der Waals surface area contributed by atoms with Crippen LogP contribution in [0.3, 0.4) is 0 Å². The Kier molecular flexibility index (Phi) is 4.16. The predicted octanol–water partition coefficient (Wildman–Crippen LogP) is 2.17. The molecule has 120 valence electrons. The van der Waals surface area contributed by atoms with E-state index in [1.165, 1.54) is 6.26 Å². The molecule has 0 radical (unpaired) electrons. The number of aliphatic carboxylic acids is 1. The van der Waals surface area contributed by atoms with Crippen molar-refractivity contribution in [1.29, 1.82) is 0 Å². The maximum atomic E-state index is 12.2. The van der Waals surface area contributed by atoms with Crippen LogP contribution in [0.4, 0.5) is 0 Å². The van der Waals surface area contributed by atoms with Crippen LogP contribution in [0.15, 0.2) is 47.1 Å². The number of carbonyl (C=O) groups is 2. The van der Waals surface area contributed by atoms with E-state index in [-0.39, 0.29) is 19.1 Å². The Morgan fingerprint density at radius 3 is 2.70 bits per heavy atom. The molecular formula is C17H17NO5. The number of amides is 1. The number of carbonyl (C=O) groups excluding carboxylic acids is 1. The fourth-order valence-electron chi connectivity index (χ4n) is 2.55. The largest absolute Gasteiger partial charge is 0.481 e. The molecule has 1 amide bonds. The molecule has 1 aromatic heterocycles. The third-order valence-electron chi connectivity index (χ3n) is 4.06. The lowest BCUT2D eigenvalue weighted by Gasteiger charge is -2.22. The van der Waals surface area contributed by atoms with Crippen LogP contribution in [0.1, 0.15) is 16.8 Å². The van der Waals surface area contributed by atoms with Crippen molar-refractivity contribution in [1.82, 2.24) is 5.32 Å². The second-order valence-electron chi connectivity index (χ2n) is 5.64. The highest BCUT2D eigenvalue weighted by Gasteiger charge is 2.42. The van der Waals surface area contributed by atoms with E-state index >= 15 is 0 Å². The highest BCUT2D eigenvalue weighted by molar-refractivity contribution is 5.95. The van der Waals surface area contributed by atoms with Crippen LogP contribution in [-0.2, 0) is 9.53 Å². The maximum Gasteiger partial charge on any atom is 0.313 e. The molecule has 1 aliphatic heterocycles. The molecule has 1 unspecified atom stereocenters. The topological polar surface area (TPSA) is 88.8 Å². The summed E-state index contributed by atoms with van der Waals surface area (Å²) in [6.45, 7) is 0.544. The first-order chi connectivity index (χ1) is 11.1. The van der Waals surface area contributed by atoms with Crippen molar-refractivity contribution in [3.8, 4) is 11.3 Å². The lowest BCUT2D eigenvalue weighted by molar-refractivity contribution is -0.148. The number of hydrogen-bond donors (Lipinski definition) is 2. The van der Waals surface area contributed by atoms with Gasteiger partial charge in [-0.05, 0) is 12.5 Å². The summed E-state index contributed by atoms with van der Waals surface area (Å²) in [6, 6.07) is 11.1. The normalized spacial score (nSPS) is 20.3. The van der Waals surface area contributed by atoms with Crippen molar-refractivity contribution < 1.29 is 23.8 Å². The van der Waals surface area contributed by atoms with Gasteiger partial charge in [0.25, 0.3) is 5.91 Å². The Morgan fingerprint density at radius 2 is 2.04 bits per heavy atom. The predicted molar refractivity (Wildman–Crippen MR) is 82.0 cm³/mol. The van der Waals surface area contributed by atoms with E-state index in [1.807, 2.05) is 30.3 Å². The molecule has 1 fully saturated rings. The third kappa shape index (κ3) is 3.12. The number of hydrogen-bond acceptors (Lipinski definition) is 4. The van der Waals surface area contributed by atoms with E-state index in [4.69, 9.17) is 9.15 Å². The molecule has 6 nitrogen and oxygen atoms in total. The lowest BCUT2D eigenvalue weighted by atomic mass is 9.87. The van der Waals surface area contributed by atoms with Gasteiger partial charge < -0.3 is 19.6 Å². The zero-order valence-electron chi connectivity index (χ0n) is 12.5. The van der Waals surface area contributed by atoms with Gasteiger partial charge in [-0.15, -0.1) is 0 Å².